The number of nitro groups is 1. The summed E-state index contributed by atoms with van der Waals surface area (Å²) in [6.07, 6.45) is 4.42. The van der Waals surface area contributed by atoms with E-state index in [9.17, 15) is 14.9 Å². The number of amides is 1. The maximum absolute atomic E-state index is 13.0. The molecule has 0 spiro atoms. The van der Waals surface area contributed by atoms with Crippen molar-refractivity contribution in [1.82, 2.24) is 15.1 Å². The summed E-state index contributed by atoms with van der Waals surface area (Å²) in [5.41, 5.74) is 0.673. The van der Waals surface area contributed by atoms with Gasteiger partial charge in [0, 0.05) is 12.1 Å². The standard InChI is InChI=1S/C22H17ClN4O6/c23-16-4-2-1-3-15(16)22-25-24-20(33-22)11-26(14-6-7-14)21(28)8-5-13-9-18-19(32-12-31-18)10-17(13)27(29)30/h1-5,8-10,14H,6-7,11-12H2. The molecule has 2 aromatic carbocycles. The van der Waals surface area contributed by atoms with Crippen molar-refractivity contribution >= 4 is 29.3 Å². The molecule has 1 aromatic heterocycles. The van der Waals surface area contributed by atoms with Gasteiger partial charge >= 0.3 is 0 Å². The molecule has 11 heteroatoms. The fourth-order valence-corrected chi connectivity index (χ4v) is 3.69. The van der Waals surface area contributed by atoms with Crippen LogP contribution in [-0.2, 0) is 11.3 Å². The smallest absolute Gasteiger partial charge is 0.280 e. The summed E-state index contributed by atoms with van der Waals surface area (Å²) in [6.45, 7) is 0.114. The first-order chi connectivity index (χ1) is 16.0. The minimum atomic E-state index is -0.528. The lowest BCUT2D eigenvalue weighted by atomic mass is 10.1. The third kappa shape index (κ3) is 4.37. The maximum atomic E-state index is 13.0. The van der Waals surface area contributed by atoms with Crippen LogP contribution >= 0.6 is 11.6 Å². The first-order valence-electron chi connectivity index (χ1n) is 10.1. The summed E-state index contributed by atoms with van der Waals surface area (Å²) < 4.78 is 16.2. The highest BCUT2D eigenvalue weighted by atomic mass is 35.5. The van der Waals surface area contributed by atoms with Crippen LogP contribution in [0.1, 0.15) is 24.3 Å². The number of hydrogen-bond acceptors (Lipinski definition) is 8. The number of carbonyl (C=O) groups is 1. The number of aromatic nitrogens is 2. The quantitative estimate of drug-likeness (QED) is 0.287. The zero-order valence-electron chi connectivity index (χ0n) is 17.1. The Labute approximate surface area is 192 Å². The van der Waals surface area contributed by atoms with Crippen LogP contribution in [-0.4, -0.2) is 38.8 Å². The number of benzene rings is 2. The Bertz CT molecular complexity index is 1270. The zero-order valence-corrected chi connectivity index (χ0v) is 17.9. The number of hydrogen-bond donors (Lipinski definition) is 0. The van der Waals surface area contributed by atoms with Crippen LogP contribution in [0.3, 0.4) is 0 Å². The number of nitro benzene ring substituents is 1. The molecule has 1 aliphatic heterocycles. The molecule has 10 nitrogen and oxygen atoms in total. The van der Waals surface area contributed by atoms with E-state index in [1.54, 1.807) is 23.1 Å². The lowest BCUT2D eigenvalue weighted by Crippen LogP contribution is -2.31. The number of fused-ring (bicyclic) bond motifs is 1. The normalized spacial score (nSPS) is 14.6. The van der Waals surface area contributed by atoms with Gasteiger partial charge in [0.2, 0.25) is 24.5 Å². The van der Waals surface area contributed by atoms with E-state index in [0.29, 0.717) is 22.1 Å². The van der Waals surface area contributed by atoms with Crippen LogP contribution in [0.5, 0.6) is 11.5 Å². The van der Waals surface area contributed by atoms with Gasteiger partial charge < -0.3 is 18.8 Å². The van der Waals surface area contributed by atoms with Gasteiger partial charge in [-0.15, -0.1) is 10.2 Å². The van der Waals surface area contributed by atoms with Gasteiger partial charge in [-0.25, -0.2) is 0 Å². The zero-order chi connectivity index (χ0) is 22.9. The number of carbonyl (C=O) groups excluding carboxylic acids is 1. The average molecular weight is 469 g/mol. The van der Waals surface area contributed by atoms with E-state index >= 15 is 0 Å². The molecule has 1 saturated carbocycles. The molecule has 2 aliphatic rings. The Morgan fingerprint density at radius 3 is 2.70 bits per heavy atom. The SMILES string of the molecule is O=C(C=Cc1cc2c(cc1[N+](=O)[O-])OCO2)N(Cc1nnc(-c2ccccc2Cl)o1)C1CC1. The van der Waals surface area contributed by atoms with Crippen molar-refractivity contribution in [1.29, 1.82) is 0 Å². The van der Waals surface area contributed by atoms with Gasteiger partial charge in [0.15, 0.2) is 11.5 Å². The molecular formula is C22H17ClN4O6. The van der Waals surface area contributed by atoms with Gasteiger partial charge in [0.05, 0.1) is 33.7 Å². The summed E-state index contributed by atoms with van der Waals surface area (Å²) in [7, 11) is 0. The lowest BCUT2D eigenvalue weighted by molar-refractivity contribution is -0.385. The van der Waals surface area contributed by atoms with E-state index in [4.69, 9.17) is 25.5 Å². The molecule has 0 unspecified atom stereocenters. The maximum Gasteiger partial charge on any atom is 0.280 e. The van der Waals surface area contributed by atoms with Gasteiger partial charge in [-0.05, 0) is 37.1 Å². The van der Waals surface area contributed by atoms with Crippen LogP contribution in [0.15, 0.2) is 46.9 Å². The van der Waals surface area contributed by atoms with Gasteiger partial charge in [-0.2, -0.15) is 0 Å². The first kappa shape index (κ1) is 21.0. The molecule has 2 heterocycles. The van der Waals surface area contributed by atoms with Gasteiger partial charge in [-0.1, -0.05) is 23.7 Å². The molecule has 0 saturated heterocycles. The Kier molecular flexibility index (Phi) is 5.43. The summed E-state index contributed by atoms with van der Waals surface area (Å²) in [4.78, 5) is 25.5. The van der Waals surface area contributed by atoms with E-state index in [-0.39, 0.29) is 48.3 Å². The third-order valence-electron chi connectivity index (χ3n) is 5.27. The third-order valence-corrected chi connectivity index (χ3v) is 5.60. The Hall–Kier alpha value is -3.92. The molecule has 1 amide bonds. The van der Waals surface area contributed by atoms with E-state index in [1.807, 2.05) is 6.07 Å². The summed E-state index contributed by atoms with van der Waals surface area (Å²) >= 11 is 6.19. The molecule has 5 rings (SSSR count). The van der Waals surface area contributed by atoms with E-state index in [1.165, 1.54) is 24.3 Å². The molecule has 0 N–H and O–H groups in total. The van der Waals surface area contributed by atoms with Crippen LogP contribution in [0.25, 0.3) is 17.5 Å². The monoisotopic (exact) mass is 468 g/mol. The Morgan fingerprint density at radius 1 is 1.21 bits per heavy atom. The fourth-order valence-electron chi connectivity index (χ4n) is 3.48. The van der Waals surface area contributed by atoms with Crippen molar-refractivity contribution in [2.24, 2.45) is 0 Å². The van der Waals surface area contributed by atoms with E-state index in [0.717, 1.165) is 12.8 Å². The number of halogens is 1. The minimum absolute atomic E-state index is 0.00555. The van der Waals surface area contributed by atoms with Crippen LogP contribution in [0.2, 0.25) is 5.02 Å². The number of ether oxygens (including phenoxy) is 2. The Morgan fingerprint density at radius 2 is 1.97 bits per heavy atom. The van der Waals surface area contributed by atoms with Crippen molar-refractivity contribution in [2.45, 2.75) is 25.4 Å². The predicted molar refractivity (Wildman–Crippen MR) is 117 cm³/mol. The number of rotatable bonds is 7. The largest absolute Gasteiger partial charge is 0.454 e. The second kappa shape index (κ2) is 8.55. The van der Waals surface area contributed by atoms with Crippen LogP contribution in [0.4, 0.5) is 5.69 Å². The molecule has 168 valence electrons. The Balaban J connectivity index is 1.35. The summed E-state index contributed by atoms with van der Waals surface area (Å²) in [5, 5.41) is 20.0. The fraction of sp³-hybridized carbons (Fsp3) is 0.227. The van der Waals surface area contributed by atoms with E-state index in [2.05, 4.69) is 10.2 Å². The van der Waals surface area contributed by atoms with Gasteiger partial charge in [0.25, 0.3) is 5.69 Å². The highest BCUT2D eigenvalue weighted by Crippen LogP contribution is 2.38. The minimum Gasteiger partial charge on any atom is -0.454 e. The molecule has 0 atom stereocenters. The van der Waals surface area contributed by atoms with Crippen molar-refractivity contribution in [2.75, 3.05) is 6.79 Å². The van der Waals surface area contributed by atoms with Crippen molar-refractivity contribution in [3.8, 4) is 23.0 Å². The topological polar surface area (TPSA) is 121 Å². The molecule has 3 aromatic rings. The molecular weight excluding hydrogens is 452 g/mol. The summed E-state index contributed by atoms with van der Waals surface area (Å²) in [5.74, 6) is 0.917. The molecule has 1 fully saturated rings. The van der Waals surface area contributed by atoms with Crippen molar-refractivity contribution in [3.05, 3.63) is 69.1 Å². The molecule has 1 aliphatic carbocycles. The second-order valence-corrected chi connectivity index (χ2v) is 7.94. The van der Waals surface area contributed by atoms with Crippen LogP contribution < -0.4 is 9.47 Å². The molecule has 0 radical (unpaired) electrons. The first-order valence-corrected chi connectivity index (χ1v) is 10.5. The second-order valence-electron chi connectivity index (χ2n) is 7.53. The lowest BCUT2D eigenvalue weighted by Gasteiger charge is -2.18. The van der Waals surface area contributed by atoms with Crippen LogP contribution in [0, 0.1) is 10.1 Å². The highest BCUT2D eigenvalue weighted by Gasteiger charge is 2.33. The average Bonchev–Trinajstić information content (AvgIpc) is 3.35. The molecule has 33 heavy (non-hydrogen) atoms. The van der Waals surface area contributed by atoms with E-state index < -0.39 is 4.92 Å². The van der Waals surface area contributed by atoms with Gasteiger partial charge in [0.1, 0.15) is 0 Å². The van der Waals surface area contributed by atoms with Gasteiger partial charge in [-0.3, -0.25) is 14.9 Å². The highest BCUT2D eigenvalue weighted by molar-refractivity contribution is 6.33. The molecule has 0 bridgehead atoms. The summed E-state index contributed by atoms with van der Waals surface area (Å²) in [6, 6.07) is 9.92. The van der Waals surface area contributed by atoms with Crippen molar-refractivity contribution < 1.29 is 23.6 Å². The predicted octanol–water partition coefficient (Wildman–Crippen LogP) is 4.23. The number of nitrogens with zero attached hydrogens (tertiary/aromatic N) is 4. The van der Waals surface area contributed by atoms with Crippen molar-refractivity contribution in [3.63, 3.8) is 0 Å².